The van der Waals surface area contributed by atoms with E-state index in [1.54, 1.807) is 0 Å². The number of pyridine rings is 1. The SMILES string of the molecule is Cc1cc(C(N)=S)cc(Nc2cccc(C)c2Br)n1. The number of nitrogens with one attached hydrogen (secondary N) is 1. The first-order chi connectivity index (χ1) is 8.97. The van der Waals surface area contributed by atoms with Crippen LogP contribution in [-0.4, -0.2) is 9.97 Å². The summed E-state index contributed by atoms with van der Waals surface area (Å²) in [6, 6.07) is 9.75. The van der Waals surface area contributed by atoms with Crippen LogP contribution in [0.5, 0.6) is 0 Å². The van der Waals surface area contributed by atoms with E-state index in [0.717, 1.165) is 32.8 Å². The molecule has 0 aliphatic rings. The number of aromatic nitrogens is 1. The van der Waals surface area contributed by atoms with E-state index < -0.39 is 0 Å². The maximum atomic E-state index is 5.67. The van der Waals surface area contributed by atoms with Crippen LogP contribution in [0, 0.1) is 13.8 Å². The Morgan fingerprint density at radius 3 is 2.74 bits per heavy atom. The molecule has 3 N–H and O–H groups in total. The van der Waals surface area contributed by atoms with Gasteiger partial charge >= 0.3 is 0 Å². The third-order valence-electron chi connectivity index (χ3n) is 2.69. The molecule has 2 rings (SSSR count). The van der Waals surface area contributed by atoms with E-state index in [2.05, 4.69) is 26.2 Å². The minimum Gasteiger partial charge on any atom is -0.389 e. The summed E-state index contributed by atoms with van der Waals surface area (Å²) in [5.74, 6) is 0.731. The number of nitrogens with two attached hydrogens (primary N) is 1. The fraction of sp³-hybridized carbons (Fsp3) is 0.143. The van der Waals surface area contributed by atoms with Gasteiger partial charge in [-0.05, 0) is 53.5 Å². The van der Waals surface area contributed by atoms with Gasteiger partial charge < -0.3 is 11.1 Å². The summed E-state index contributed by atoms with van der Waals surface area (Å²) < 4.78 is 1.02. The molecule has 0 unspecified atom stereocenters. The Hall–Kier alpha value is -1.46. The van der Waals surface area contributed by atoms with Crippen molar-refractivity contribution in [2.75, 3.05) is 5.32 Å². The molecule has 2 aromatic rings. The van der Waals surface area contributed by atoms with Gasteiger partial charge in [-0.2, -0.15) is 0 Å². The number of anilines is 2. The van der Waals surface area contributed by atoms with Crippen molar-refractivity contribution >= 4 is 44.6 Å². The summed E-state index contributed by atoms with van der Waals surface area (Å²) in [4.78, 5) is 4.81. The third-order valence-corrected chi connectivity index (χ3v) is 3.98. The second-order valence-electron chi connectivity index (χ2n) is 4.31. The van der Waals surface area contributed by atoms with Crippen LogP contribution >= 0.6 is 28.1 Å². The Labute approximate surface area is 126 Å². The molecule has 0 amide bonds. The number of halogens is 1. The Morgan fingerprint density at radius 1 is 1.32 bits per heavy atom. The monoisotopic (exact) mass is 335 g/mol. The van der Waals surface area contributed by atoms with Gasteiger partial charge in [0.05, 0.1) is 5.69 Å². The number of hydrogen-bond donors (Lipinski definition) is 2. The fourth-order valence-electron chi connectivity index (χ4n) is 1.76. The van der Waals surface area contributed by atoms with E-state index >= 15 is 0 Å². The summed E-state index contributed by atoms with van der Waals surface area (Å²) in [5, 5.41) is 3.28. The van der Waals surface area contributed by atoms with Gasteiger partial charge in [-0.3, -0.25) is 0 Å². The van der Waals surface area contributed by atoms with E-state index in [9.17, 15) is 0 Å². The molecule has 1 heterocycles. The van der Waals surface area contributed by atoms with Gasteiger partial charge in [0.2, 0.25) is 0 Å². The number of hydrogen-bond acceptors (Lipinski definition) is 3. The molecule has 0 radical (unpaired) electrons. The van der Waals surface area contributed by atoms with E-state index in [0.29, 0.717) is 4.99 Å². The van der Waals surface area contributed by atoms with Gasteiger partial charge in [0.1, 0.15) is 10.8 Å². The highest BCUT2D eigenvalue weighted by Gasteiger charge is 2.06. The van der Waals surface area contributed by atoms with Crippen LogP contribution < -0.4 is 11.1 Å². The molecule has 0 aliphatic heterocycles. The molecule has 5 heteroatoms. The number of benzene rings is 1. The molecule has 0 saturated heterocycles. The highest BCUT2D eigenvalue weighted by Crippen LogP contribution is 2.28. The predicted molar refractivity (Wildman–Crippen MR) is 87.0 cm³/mol. The molecule has 3 nitrogen and oxygen atoms in total. The van der Waals surface area contributed by atoms with Crippen molar-refractivity contribution in [3.8, 4) is 0 Å². The molecule has 0 bridgehead atoms. The van der Waals surface area contributed by atoms with Crippen LogP contribution in [0.3, 0.4) is 0 Å². The predicted octanol–water partition coefficient (Wildman–Crippen LogP) is 3.84. The lowest BCUT2D eigenvalue weighted by Crippen LogP contribution is -2.10. The van der Waals surface area contributed by atoms with Crippen LogP contribution in [0.4, 0.5) is 11.5 Å². The van der Waals surface area contributed by atoms with Gasteiger partial charge in [0, 0.05) is 15.7 Å². The highest BCUT2D eigenvalue weighted by atomic mass is 79.9. The number of aryl methyl sites for hydroxylation is 2. The molecular formula is C14H14BrN3S. The van der Waals surface area contributed by atoms with Crippen molar-refractivity contribution in [2.24, 2.45) is 5.73 Å². The summed E-state index contributed by atoms with van der Waals surface area (Å²) in [6.45, 7) is 3.96. The van der Waals surface area contributed by atoms with Gasteiger partial charge in [-0.25, -0.2) is 4.98 Å². The van der Waals surface area contributed by atoms with E-state index in [1.165, 1.54) is 0 Å². The Bertz CT molecular complexity index is 641. The van der Waals surface area contributed by atoms with E-state index in [4.69, 9.17) is 18.0 Å². The highest BCUT2D eigenvalue weighted by molar-refractivity contribution is 9.10. The topological polar surface area (TPSA) is 50.9 Å². The lowest BCUT2D eigenvalue weighted by atomic mass is 10.2. The van der Waals surface area contributed by atoms with Crippen molar-refractivity contribution < 1.29 is 0 Å². The zero-order valence-electron chi connectivity index (χ0n) is 10.7. The van der Waals surface area contributed by atoms with Gasteiger partial charge in [-0.15, -0.1) is 0 Å². The maximum Gasteiger partial charge on any atom is 0.131 e. The molecule has 0 spiro atoms. The first-order valence-corrected chi connectivity index (χ1v) is 6.98. The molecule has 1 aromatic carbocycles. The number of rotatable bonds is 3. The van der Waals surface area contributed by atoms with Crippen molar-refractivity contribution in [3.05, 3.63) is 51.6 Å². The van der Waals surface area contributed by atoms with Crippen molar-refractivity contribution in [1.82, 2.24) is 4.98 Å². The molecule has 0 atom stereocenters. The van der Waals surface area contributed by atoms with E-state index in [-0.39, 0.29) is 0 Å². The average Bonchev–Trinajstić information content (AvgIpc) is 2.34. The number of nitrogens with zero attached hydrogens (tertiary/aromatic N) is 1. The smallest absolute Gasteiger partial charge is 0.131 e. The normalized spacial score (nSPS) is 10.3. The van der Waals surface area contributed by atoms with Crippen molar-refractivity contribution in [3.63, 3.8) is 0 Å². The van der Waals surface area contributed by atoms with E-state index in [1.807, 2.05) is 44.2 Å². The molecule has 0 fully saturated rings. The van der Waals surface area contributed by atoms with Crippen molar-refractivity contribution in [1.29, 1.82) is 0 Å². The molecule has 0 saturated carbocycles. The summed E-state index contributed by atoms with van der Waals surface area (Å²) in [5.41, 5.74) is 9.48. The summed E-state index contributed by atoms with van der Waals surface area (Å²) in [6.07, 6.45) is 0. The van der Waals surface area contributed by atoms with Crippen LogP contribution in [0.2, 0.25) is 0 Å². The molecule has 98 valence electrons. The first kappa shape index (κ1) is 14.0. The quantitative estimate of drug-likeness (QED) is 0.836. The summed E-state index contributed by atoms with van der Waals surface area (Å²) in [7, 11) is 0. The zero-order chi connectivity index (χ0) is 14.0. The second kappa shape index (κ2) is 5.67. The lowest BCUT2D eigenvalue weighted by molar-refractivity contribution is 1.19. The molecule has 19 heavy (non-hydrogen) atoms. The van der Waals surface area contributed by atoms with Crippen LogP contribution in [0.1, 0.15) is 16.8 Å². The lowest BCUT2D eigenvalue weighted by Gasteiger charge is -2.11. The summed E-state index contributed by atoms with van der Waals surface area (Å²) >= 11 is 8.57. The van der Waals surface area contributed by atoms with Crippen LogP contribution in [-0.2, 0) is 0 Å². The molecule has 1 aromatic heterocycles. The Morgan fingerprint density at radius 2 is 2.05 bits per heavy atom. The Balaban J connectivity index is 2.38. The first-order valence-electron chi connectivity index (χ1n) is 5.78. The maximum absolute atomic E-state index is 5.67. The van der Waals surface area contributed by atoms with Crippen LogP contribution in [0.15, 0.2) is 34.8 Å². The zero-order valence-corrected chi connectivity index (χ0v) is 13.1. The average molecular weight is 336 g/mol. The minimum atomic E-state index is 0.372. The van der Waals surface area contributed by atoms with Gasteiger partial charge in [0.15, 0.2) is 0 Å². The number of thiocarbonyl (C=S) groups is 1. The van der Waals surface area contributed by atoms with Gasteiger partial charge in [0.25, 0.3) is 0 Å². The Kier molecular flexibility index (Phi) is 4.17. The second-order valence-corrected chi connectivity index (χ2v) is 5.54. The van der Waals surface area contributed by atoms with Gasteiger partial charge in [-0.1, -0.05) is 24.4 Å². The van der Waals surface area contributed by atoms with Crippen LogP contribution in [0.25, 0.3) is 0 Å². The fourth-order valence-corrected chi connectivity index (χ4v) is 2.24. The van der Waals surface area contributed by atoms with Crippen molar-refractivity contribution in [2.45, 2.75) is 13.8 Å². The third kappa shape index (κ3) is 3.30. The molecular weight excluding hydrogens is 322 g/mol. The minimum absolute atomic E-state index is 0.372. The molecule has 0 aliphatic carbocycles. The largest absolute Gasteiger partial charge is 0.389 e. The standard InChI is InChI=1S/C14H14BrN3S/c1-8-4-3-5-11(13(8)15)18-12-7-10(14(16)19)6-9(2)17-12/h3-7H,1-2H3,(H2,16,19)(H,17,18).